The number of hydrogen-bond donors (Lipinski definition) is 2. The van der Waals surface area contributed by atoms with E-state index in [1.54, 1.807) is 0 Å². The maximum absolute atomic E-state index is 12.1. The number of amides is 1. The molecule has 2 heterocycles. The van der Waals surface area contributed by atoms with Crippen LogP contribution in [0, 0.1) is 0 Å². The first kappa shape index (κ1) is 17.4. The van der Waals surface area contributed by atoms with Gasteiger partial charge in [-0.2, -0.15) is 0 Å². The molecule has 2 N–H and O–H groups in total. The van der Waals surface area contributed by atoms with Crippen molar-refractivity contribution in [2.24, 2.45) is 0 Å². The van der Waals surface area contributed by atoms with Crippen molar-refractivity contribution in [1.29, 1.82) is 0 Å². The van der Waals surface area contributed by atoms with Gasteiger partial charge in [0.15, 0.2) is 0 Å². The Bertz CT molecular complexity index is 746. The maximum atomic E-state index is 12.1. The molecule has 0 radical (unpaired) electrons. The number of H-pyrrole nitrogens is 1. The molecule has 0 saturated carbocycles. The van der Waals surface area contributed by atoms with Crippen molar-refractivity contribution in [2.75, 3.05) is 13.2 Å². The van der Waals surface area contributed by atoms with Gasteiger partial charge < -0.3 is 19.8 Å². The predicted octanol–water partition coefficient (Wildman–Crippen LogP) is 2.00. The van der Waals surface area contributed by atoms with Crippen LogP contribution < -0.4 is 10.9 Å². The van der Waals surface area contributed by atoms with Crippen LogP contribution >= 0.6 is 0 Å². The zero-order valence-electron chi connectivity index (χ0n) is 14.0. The minimum absolute atomic E-state index is 0.222. The highest BCUT2D eigenvalue weighted by Gasteiger charge is 2.14. The number of benzene rings is 1. The van der Waals surface area contributed by atoms with Crippen molar-refractivity contribution < 1.29 is 14.3 Å². The zero-order chi connectivity index (χ0) is 17.5. The van der Waals surface area contributed by atoms with Gasteiger partial charge in [-0.3, -0.25) is 9.59 Å². The lowest BCUT2D eigenvalue weighted by Crippen LogP contribution is -2.24. The van der Waals surface area contributed by atoms with Crippen molar-refractivity contribution in [2.45, 2.75) is 32.1 Å². The third kappa shape index (κ3) is 5.27. The monoisotopic (exact) mass is 342 g/mol. The number of hydrogen-bond acceptors (Lipinski definition) is 4. The van der Waals surface area contributed by atoms with Gasteiger partial charge in [0.1, 0.15) is 0 Å². The molecule has 1 aromatic heterocycles. The molecule has 1 amide bonds. The van der Waals surface area contributed by atoms with Crippen LogP contribution in [-0.4, -0.2) is 30.2 Å². The Hall–Kier alpha value is -2.44. The Labute approximate surface area is 146 Å². The zero-order valence-corrected chi connectivity index (χ0v) is 14.0. The summed E-state index contributed by atoms with van der Waals surface area (Å²) in [5, 5.41) is 2.85. The second kappa shape index (κ2) is 8.60. The van der Waals surface area contributed by atoms with Gasteiger partial charge in [-0.15, -0.1) is 0 Å². The Morgan fingerprint density at radius 3 is 2.76 bits per heavy atom. The van der Waals surface area contributed by atoms with Gasteiger partial charge in [0.25, 0.3) is 5.91 Å². The summed E-state index contributed by atoms with van der Waals surface area (Å²) in [4.78, 5) is 25.6. The summed E-state index contributed by atoms with van der Waals surface area (Å²) >= 11 is 0. The normalized spacial score (nSPS) is 15.0. The SMILES string of the molecule is O=C(NCc1cccc(COC2CCOCC2)c1)c1ccc(=O)[nH]c1. The molecular weight excluding hydrogens is 320 g/mol. The van der Waals surface area contributed by atoms with E-state index in [9.17, 15) is 9.59 Å². The van der Waals surface area contributed by atoms with E-state index in [1.165, 1.54) is 18.3 Å². The smallest absolute Gasteiger partial charge is 0.253 e. The number of nitrogens with one attached hydrogen (secondary N) is 2. The van der Waals surface area contributed by atoms with Gasteiger partial charge in [-0.05, 0) is 30.0 Å². The van der Waals surface area contributed by atoms with Gasteiger partial charge in [0, 0.05) is 32.0 Å². The molecule has 1 fully saturated rings. The van der Waals surface area contributed by atoms with E-state index in [1.807, 2.05) is 24.3 Å². The van der Waals surface area contributed by atoms with E-state index in [4.69, 9.17) is 9.47 Å². The van der Waals surface area contributed by atoms with E-state index in [2.05, 4.69) is 10.3 Å². The first-order chi connectivity index (χ1) is 12.2. The van der Waals surface area contributed by atoms with E-state index < -0.39 is 0 Å². The lowest BCUT2D eigenvalue weighted by atomic mass is 10.1. The number of aromatic amines is 1. The minimum Gasteiger partial charge on any atom is -0.381 e. The van der Waals surface area contributed by atoms with E-state index >= 15 is 0 Å². The molecule has 6 nitrogen and oxygen atoms in total. The number of rotatable bonds is 6. The number of pyridine rings is 1. The largest absolute Gasteiger partial charge is 0.381 e. The molecular formula is C19H22N2O4. The van der Waals surface area contributed by atoms with Crippen LogP contribution in [0.25, 0.3) is 0 Å². The van der Waals surface area contributed by atoms with Gasteiger partial charge in [-0.1, -0.05) is 24.3 Å². The number of carbonyl (C=O) groups is 1. The second-order valence-corrected chi connectivity index (χ2v) is 6.07. The molecule has 2 aromatic rings. The van der Waals surface area contributed by atoms with E-state index in [0.717, 1.165) is 37.2 Å². The van der Waals surface area contributed by atoms with Crippen LogP contribution in [0.5, 0.6) is 0 Å². The summed E-state index contributed by atoms with van der Waals surface area (Å²) in [6.07, 6.45) is 3.55. The minimum atomic E-state index is -0.228. The Kier molecular flexibility index (Phi) is 5.98. The number of aromatic nitrogens is 1. The fourth-order valence-electron chi connectivity index (χ4n) is 2.72. The lowest BCUT2D eigenvalue weighted by Gasteiger charge is -2.22. The summed E-state index contributed by atoms with van der Waals surface area (Å²) in [5.74, 6) is -0.222. The molecule has 1 aliphatic heterocycles. The topological polar surface area (TPSA) is 80.4 Å². The highest BCUT2D eigenvalue weighted by atomic mass is 16.5. The molecule has 1 aromatic carbocycles. The molecule has 25 heavy (non-hydrogen) atoms. The second-order valence-electron chi connectivity index (χ2n) is 6.07. The molecule has 0 atom stereocenters. The fourth-order valence-corrected chi connectivity index (χ4v) is 2.72. The molecule has 132 valence electrons. The first-order valence-electron chi connectivity index (χ1n) is 8.45. The number of ether oxygens (including phenoxy) is 2. The van der Waals surface area contributed by atoms with Crippen molar-refractivity contribution >= 4 is 5.91 Å². The van der Waals surface area contributed by atoms with Crippen molar-refractivity contribution in [1.82, 2.24) is 10.3 Å². The Balaban J connectivity index is 1.51. The molecule has 1 aliphatic rings. The van der Waals surface area contributed by atoms with Crippen LogP contribution in [0.3, 0.4) is 0 Å². The van der Waals surface area contributed by atoms with Crippen LogP contribution in [-0.2, 0) is 22.6 Å². The maximum Gasteiger partial charge on any atom is 0.253 e. The molecule has 0 unspecified atom stereocenters. The van der Waals surface area contributed by atoms with E-state index in [0.29, 0.717) is 18.7 Å². The molecule has 1 saturated heterocycles. The lowest BCUT2D eigenvalue weighted by molar-refractivity contribution is -0.0390. The summed E-state index contributed by atoms with van der Waals surface area (Å²) in [7, 11) is 0. The molecule has 3 rings (SSSR count). The van der Waals surface area contributed by atoms with Gasteiger partial charge >= 0.3 is 0 Å². The van der Waals surface area contributed by atoms with Crippen LogP contribution in [0.15, 0.2) is 47.4 Å². The van der Waals surface area contributed by atoms with Gasteiger partial charge in [0.2, 0.25) is 5.56 Å². The summed E-state index contributed by atoms with van der Waals surface area (Å²) < 4.78 is 11.3. The highest BCUT2D eigenvalue weighted by molar-refractivity contribution is 5.93. The molecule has 0 spiro atoms. The highest BCUT2D eigenvalue weighted by Crippen LogP contribution is 2.14. The third-order valence-corrected chi connectivity index (χ3v) is 4.14. The van der Waals surface area contributed by atoms with Gasteiger partial charge in [-0.25, -0.2) is 0 Å². The van der Waals surface area contributed by atoms with Crippen LogP contribution in [0.1, 0.15) is 34.3 Å². The Morgan fingerprint density at radius 1 is 1.20 bits per heavy atom. The quantitative estimate of drug-likeness (QED) is 0.841. The summed E-state index contributed by atoms with van der Waals surface area (Å²) in [6, 6.07) is 10.8. The predicted molar refractivity (Wildman–Crippen MR) is 93.3 cm³/mol. The fraction of sp³-hybridized carbons (Fsp3) is 0.368. The third-order valence-electron chi connectivity index (χ3n) is 4.14. The van der Waals surface area contributed by atoms with Gasteiger partial charge in [0.05, 0.1) is 18.3 Å². The van der Waals surface area contributed by atoms with Crippen molar-refractivity contribution in [3.63, 3.8) is 0 Å². The average molecular weight is 342 g/mol. The summed E-state index contributed by atoms with van der Waals surface area (Å²) in [6.45, 7) is 2.51. The van der Waals surface area contributed by atoms with E-state index in [-0.39, 0.29) is 17.6 Å². The van der Waals surface area contributed by atoms with Crippen molar-refractivity contribution in [3.8, 4) is 0 Å². The average Bonchev–Trinajstić information content (AvgIpc) is 2.66. The number of carbonyl (C=O) groups excluding carboxylic acids is 1. The molecule has 0 bridgehead atoms. The van der Waals surface area contributed by atoms with Crippen LogP contribution in [0.2, 0.25) is 0 Å². The summed E-state index contributed by atoms with van der Waals surface area (Å²) in [5.41, 5.74) is 2.29. The standard InChI is InChI=1S/C19H22N2O4/c22-18-5-4-16(12-20-18)19(23)21-11-14-2-1-3-15(10-14)13-25-17-6-8-24-9-7-17/h1-5,10,12,17H,6-9,11,13H2,(H,20,22)(H,21,23). The van der Waals surface area contributed by atoms with Crippen molar-refractivity contribution in [3.05, 3.63) is 69.6 Å². The van der Waals surface area contributed by atoms with Crippen LogP contribution in [0.4, 0.5) is 0 Å². The molecule has 0 aliphatic carbocycles. The molecule has 6 heteroatoms. The Morgan fingerprint density at radius 2 is 2.00 bits per heavy atom. The first-order valence-corrected chi connectivity index (χ1v) is 8.45.